The number of hydrogen-bond donors (Lipinski definition) is 0. The van der Waals surface area contributed by atoms with Gasteiger partial charge in [0.25, 0.3) is 0 Å². The average Bonchev–Trinajstić information content (AvgIpc) is 3.22. The topological polar surface area (TPSA) is 59.8 Å². The summed E-state index contributed by atoms with van der Waals surface area (Å²) < 4.78 is 26.3. The summed E-state index contributed by atoms with van der Waals surface area (Å²) in [6, 6.07) is 8.24. The van der Waals surface area contributed by atoms with Crippen LogP contribution in [-0.4, -0.2) is 70.5 Å². The zero-order chi connectivity index (χ0) is 20.9. The van der Waals surface area contributed by atoms with Crippen LogP contribution in [0.2, 0.25) is 0 Å². The minimum atomic E-state index is -0.293. The molecule has 1 atom stereocenters. The molecule has 4 rings (SSSR count). The number of rotatable bonds is 7. The molecule has 1 amide bonds. The molecule has 2 saturated heterocycles. The van der Waals surface area contributed by atoms with Crippen LogP contribution in [-0.2, 0) is 22.6 Å². The van der Waals surface area contributed by atoms with Crippen LogP contribution in [0.4, 0.5) is 4.39 Å². The fourth-order valence-corrected chi connectivity index (χ4v) is 4.10. The lowest BCUT2D eigenvalue weighted by Crippen LogP contribution is -2.55. The lowest BCUT2D eigenvalue weighted by molar-refractivity contribution is -0.155. The summed E-state index contributed by atoms with van der Waals surface area (Å²) in [6.45, 7) is 6.68. The summed E-state index contributed by atoms with van der Waals surface area (Å²) >= 11 is 0. The second kappa shape index (κ2) is 9.57. The highest BCUT2D eigenvalue weighted by atomic mass is 19.1. The Morgan fingerprint density at radius 2 is 1.97 bits per heavy atom. The smallest absolute Gasteiger partial charge is 0.248 e. The third kappa shape index (κ3) is 5.17. The van der Waals surface area contributed by atoms with E-state index in [1.165, 1.54) is 12.1 Å². The number of ether oxygens (including phenoxy) is 2. The second-order valence-electron chi connectivity index (χ2n) is 7.91. The lowest BCUT2D eigenvalue weighted by atomic mass is 10.0. The molecule has 1 aromatic heterocycles. The number of carbonyl (C=O) groups excluding carboxylic acids is 1. The van der Waals surface area contributed by atoms with Crippen molar-refractivity contribution in [2.75, 3.05) is 32.8 Å². The van der Waals surface area contributed by atoms with Crippen molar-refractivity contribution in [1.29, 1.82) is 0 Å². The largest absolute Gasteiger partial charge is 0.491 e. The molecule has 162 valence electrons. The van der Waals surface area contributed by atoms with Crippen LogP contribution >= 0.6 is 0 Å². The van der Waals surface area contributed by atoms with Gasteiger partial charge < -0.3 is 14.4 Å². The van der Waals surface area contributed by atoms with Gasteiger partial charge in [-0.3, -0.25) is 14.4 Å². The molecule has 7 nitrogen and oxygen atoms in total. The number of aryl methyl sites for hydroxylation is 1. The highest BCUT2D eigenvalue weighted by molar-refractivity contribution is 5.78. The van der Waals surface area contributed by atoms with Gasteiger partial charge in [-0.2, -0.15) is 5.10 Å². The Bertz CT molecular complexity index is 833. The molecule has 2 aromatic rings. The maximum absolute atomic E-state index is 13.0. The van der Waals surface area contributed by atoms with E-state index in [0.29, 0.717) is 18.9 Å². The van der Waals surface area contributed by atoms with E-state index >= 15 is 0 Å². The second-order valence-corrected chi connectivity index (χ2v) is 7.91. The number of nitrogens with zero attached hydrogens (tertiary/aromatic N) is 4. The molecule has 0 saturated carbocycles. The third-order valence-corrected chi connectivity index (χ3v) is 5.82. The van der Waals surface area contributed by atoms with E-state index in [2.05, 4.69) is 23.0 Å². The SMILES string of the molecule is CCn1ccc(CN2CCC(N3C[C@H](COc4ccc(F)cc4)OCC3=O)CC2)n1. The number of morpholine rings is 1. The molecule has 1 aromatic carbocycles. The van der Waals surface area contributed by atoms with Gasteiger partial charge in [-0.1, -0.05) is 0 Å². The predicted octanol–water partition coefficient (Wildman–Crippen LogP) is 2.31. The van der Waals surface area contributed by atoms with Gasteiger partial charge in [0.05, 0.1) is 12.2 Å². The molecule has 2 aliphatic rings. The first-order chi connectivity index (χ1) is 14.6. The molecule has 0 bridgehead atoms. The molecule has 0 unspecified atom stereocenters. The summed E-state index contributed by atoms with van der Waals surface area (Å²) in [5, 5.41) is 4.56. The van der Waals surface area contributed by atoms with Gasteiger partial charge in [0.1, 0.15) is 30.9 Å². The van der Waals surface area contributed by atoms with Crippen LogP contribution in [0, 0.1) is 5.82 Å². The van der Waals surface area contributed by atoms with Crippen LogP contribution in [0.3, 0.4) is 0 Å². The monoisotopic (exact) mass is 416 g/mol. The Balaban J connectivity index is 1.25. The van der Waals surface area contributed by atoms with Gasteiger partial charge in [-0.15, -0.1) is 0 Å². The van der Waals surface area contributed by atoms with Crippen LogP contribution in [0.15, 0.2) is 36.5 Å². The van der Waals surface area contributed by atoms with Gasteiger partial charge in [-0.25, -0.2) is 4.39 Å². The van der Waals surface area contributed by atoms with E-state index < -0.39 is 0 Å². The summed E-state index contributed by atoms with van der Waals surface area (Å²) in [5.41, 5.74) is 1.09. The van der Waals surface area contributed by atoms with Crippen molar-refractivity contribution in [3.63, 3.8) is 0 Å². The summed E-state index contributed by atoms with van der Waals surface area (Å²) in [4.78, 5) is 16.8. The molecule has 0 aliphatic carbocycles. The standard InChI is InChI=1S/C22H29FN4O3/c1-2-26-12-7-18(24-26)13-25-10-8-19(9-11-25)27-14-21(30-16-22(27)28)15-29-20-5-3-17(23)4-6-20/h3-7,12,19,21H,2,8-11,13-16H2,1H3/t21-/m1/s1. The number of hydrogen-bond acceptors (Lipinski definition) is 5. The van der Waals surface area contributed by atoms with Gasteiger partial charge in [0.15, 0.2) is 0 Å². The Hall–Kier alpha value is -2.45. The molecule has 2 fully saturated rings. The van der Waals surface area contributed by atoms with E-state index in [-0.39, 0.29) is 30.5 Å². The molecule has 30 heavy (non-hydrogen) atoms. The Morgan fingerprint density at radius 1 is 1.20 bits per heavy atom. The Morgan fingerprint density at radius 3 is 2.67 bits per heavy atom. The van der Waals surface area contributed by atoms with Crippen LogP contribution in [0.25, 0.3) is 0 Å². The first kappa shape index (κ1) is 20.8. The maximum atomic E-state index is 13.0. The molecule has 0 N–H and O–H groups in total. The number of benzene rings is 1. The average molecular weight is 416 g/mol. The zero-order valence-corrected chi connectivity index (χ0v) is 17.4. The highest BCUT2D eigenvalue weighted by Gasteiger charge is 2.33. The normalized spacial score (nSPS) is 21.2. The highest BCUT2D eigenvalue weighted by Crippen LogP contribution is 2.22. The molecule has 2 aliphatic heterocycles. The van der Waals surface area contributed by atoms with Crippen LogP contribution in [0.5, 0.6) is 5.75 Å². The summed E-state index contributed by atoms with van der Waals surface area (Å²) in [7, 11) is 0. The van der Waals surface area contributed by atoms with Gasteiger partial charge in [0, 0.05) is 38.4 Å². The fraction of sp³-hybridized carbons (Fsp3) is 0.545. The van der Waals surface area contributed by atoms with Crippen molar-refractivity contribution in [2.24, 2.45) is 0 Å². The quantitative estimate of drug-likeness (QED) is 0.693. The Labute approximate surface area is 176 Å². The van der Waals surface area contributed by atoms with Crippen molar-refractivity contribution in [2.45, 2.75) is 45.0 Å². The third-order valence-electron chi connectivity index (χ3n) is 5.82. The number of piperidine rings is 1. The molecule has 8 heteroatoms. The van der Waals surface area contributed by atoms with E-state index in [9.17, 15) is 9.18 Å². The number of aromatic nitrogens is 2. The number of carbonyl (C=O) groups is 1. The molecule has 0 spiro atoms. The van der Waals surface area contributed by atoms with E-state index in [1.807, 2.05) is 15.8 Å². The molecule has 3 heterocycles. The molecule has 0 radical (unpaired) electrons. The number of likely N-dealkylation sites (tertiary alicyclic amines) is 1. The minimum absolute atomic E-state index is 0.0492. The van der Waals surface area contributed by atoms with Gasteiger partial charge in [0.2, 0.25) is 5.91 Å². The summed E-state index contributed by atoms with van der Waals surface area (Å²) in [6.07, 6.45) is 3.74. The minimum Gasteiger partial charge on any atom is -0.491 e. The zero-order valence-electron chi connectivity index (χ0n) is 17.4. The van der Waals surface area contributed by atoms with Crippen molar-refractivity contribution in [3.05, 3.63) is 48.0 Å². The Kier molecular flexibility index (Phi) is 6.64. The maximum Gasteiger partial charge on any atom is 0.248 e. The van der Waals surface area contributed by atoms with Crippen molar-refractivity contribution >= 4 is 5.91 Å². The van der Waals surface area contributed by atoms with Crippen LogP contribution in [0.1, 0.15) is 25.5 Å². The van der Waals surface area contributed by atoms with Crippen molar-refractivity contribution in [1.82, 2.24) is 19.6 Å². The number of halogens is 1. The van der Waals surface area contributed by atoms with E-state index in [4.69, 9.17) is 9.47 Å². The van der Waals surface area contributed by atoms with Crippen molar-refractivity contribution in [3.8, 4) is 5.75 Å². The predicted molar refractivity (Wildman–Crippen MR) is 110 cm³/mol. The van der Waals surface area contributed by atoms with Crippen molar-refractivity contribution < 1.29 is 18.7 Å². The molecular weight excluding hydrogens is 387 g/mol. The fourth-order valence-electron chi connectivity index (χ4n) is 4.10. The van der Waals surface area contributed by atoms with Gasteiger partial charge >= 0.3 is 0 Å². The lowest BCUT2D eigenvalue weighted by Gasteiger charge is -2.42. The summed E-state index contributed by atoms with van der Waals surface area (Å²) in [5.74, 6) is 0.355. The molecular formula is C22H29FN4O3. The van der Waals surface area contributed by atoms with Crippen LogP contribution < -0.4 is 4.74 Å². The van der Waals surface area contributed by atoms with E-state index in [0.717, 1.165) is 44.7 Å². The first-order valence-corrected chi connectivity index (χ1v) is 10.6. The van der Waals surface area contributed by atoms with Gasteiger partial charge in [-0.05, 0) is 50.1 Å². The van der Waals surface area contributed by atoms with E-state index in [1.54, 1.807) is 12.1 Å². The first-order valence-electron chi connectivity index (χ1n) is 10.6. The number of amides is 1.